The second kappa shape index (κ2) is 6.79. The topological polar surface area (TPSA) is 29.1 Å². The van der Waals surface area contributed by atoms with Crippen molar-refractivity contribution in [3.8, 4) is 0 Å². The molecule has 0 atom stereocenters. The molecule has 4 heteroatoms. The van der Waals surface area contributed by atoms with Crippen molar-refractivity contribution in [3.05, 3.63) is 69.2 Å². The summed E-state index contributed by atoms with van der Waals surface area (Å²) in [5.41, 5.74) is 3.55. The van der Waals surface area contributed by atoms with E-state index in [4.69, 9.17) is 23.2 Å². The van der Waals surface area contributed by atoms with Crippen LogP contribution >= 0.6 is 23.2 Å². The van der Waals surface area contributed by atoms with Crippen molar-refractivity contribution < 1.29 is 4.79 Å². The van der Waals surface area contributed by atoms with Gasteiger partial charge in [0.15, 0.2) is 0 Å². The van der Waals surface area contributed by atoms with Crippen LogP contribution in [0.15, 0.2) is 42.5 Å². The molecule has 0 spiro atoms. The lowest BCUT2D eigenvalue weighted by atomic mass is 10.1. The Hall–Kier alpha value is -1.77. The third-order valence-electron chi connectivity index (χ3n) is 2.98. The van der Waals surface area contributed by atoms with E-state index in [9.17, 15) is 4.79 Å². The van der Waals surface area contributed by atoms with Crippen molar-refractivity contribution in [2.75, 3.05) is 5.32 Å². The molecule has 1 amide bonds. The van der Waals surface area contributed by atoms with E-state index in [0.29, 0.717) is 15.7 Å². The highest BCUT2D eigenvalue weighted by molar-refractivity contribution is 6.34. The fraction of sp³-hybridized carbons (Fsp3) is 0.118. The van der Waals surface area contributed by atoms with Crippen LogP contribution in [-0.4, -0.2) is 5.91 Å². The summed E-state index contributed by atoms with van der Waals surface area (Å²) in [7, 11) is 0. The van der Waals surface area contributed by atoms with Crippen molar-refractivity contribution >= 4 is 40.9 Å². The number of hydrogen-bond donors (Lipinski definition) is 1. The molecular formula is C17H15Cl2NO. The Labute approximate surface area is 134 Å². The quantitative estimate of drug-likeness (QED) is 0.768. The number of nitrogens with one attached hydrogen (secondary N) is 1. The summed E-state index contributed by atoms with van der Waals surface area (Å²) in [6.07, 6.45) is 3.20. The van der Waals surface area contributed by atoms with Crippen molar-refractivity contribution in [3.63, 3.8) is 0 Å². The number of anilines is 1. The standard InChI is InChI=1S/C17H15Cl2NO/c1-11-9-12(2)17(15(19)10-11)20-16(21)8-5-13-3-6-14(18)7-4-13/h3-10H,1-2H3,(H,20,21). The lowest BCUT2D eigenvalue weighted by Crippen LogP contribution is -2.09. The van der Waals surface area contributed by atoms with Crippen LogP contribution < -0.4 is 5.32 Å². The third kappa shape index (κ3) is 4.35. The Morgan fingerprint density at radius 2 is 1.76 bits per heavy atom. The number of halogens is 2. The molecule has 108 valence electrons. The minimum Gasteiger partial charge on any atom is -0.321 e. The van der Waals surface area contributed by atoms with E-state index in [1.165, 1.54) is 6.08 Å². The zero-order valence-corrected chi connectivity index (χ0v) is 13.3. The fourth-order valence-electron chi connectivity index (χ4n) is 1.98. The van der Waals surface area contributed by atoms with Gasteiger partial charge in [-0.15, -0.1) is 0 Å². The second-order valence-electron chi connectivity index (χ2n) is 4.81. The fourth-order valence-corrected chi connectivity index (χ4v) is 2.48. The van der Waals surface area contributed by atoms with Crippen LogP contribution in [0.5, 0.6) is 0 Å². The zero-order chi connectivity index (χ0) is 15.4. The van der Waals surface area contributed by atoms with Gasteiger partial charge in [-0.2, -0.15) is 0 Å². The molecule has 2 aromatic carbocycles. The van der Waals surface area contributed by atoms with Crippen molar-refractivity contribution in [2.45, 2.75) is 13.8 Å². The smallest absolute Gasteiger partial charge is 0.248 e. The van der Waals surface area contributed by atoms with Gasteiger partial charge in [-0.05, 0) is 54.8 Å². The molecule has 0 aliphatic carbocycles. The maximum absolute atomic E-state index is 12.0. The highest BCUT2D eigenvalue weighted by Crippen LogP contribution is 2.27. The van der Waals surface area contributed by atoms with Gasteiger partial charge in [0.25, 0.3) is 0 Å². The maximum atomic E-state index is 12.0. The van der Waals surface area contributed by atoms with Gasteiger partial charge in [-0.3, -0.25) is 4.79 Å². The van der Waals surface area contributed by atoms with Crippen molar-refractivity contribution in [1.82, 2.24) is 0 Å². The molecule has 1 N–H and O–H groups in total. The molecule has 0 radical (unpaired) electrons. The van der Waals surface area contributed by atoms with Crippen molar-refractivity contribution in [1.29, 1.82) is 0 Å². The molecule has 2 nitrogen and oxygen atoms in total. The van der Waals surface area contributed by atoms with E-state index >= 15 is 0 Å². The number of carbonyl (C=O) groups is 1. The van der Waals surface area contributed by atoms with E-state index in [2.05, 4.69) is 5.32 Å². The molecular weight excluding hydrogens is 305 g/mol. The molecule has 2 aromatic rings. The second-order valence-corrected chi connectivity index (χ2v) is 5.66. The predicted octanol–water partition coefficient (Wildman–Crippen LogP) is 5.26. The number of carbonyl (C=O) groups excluding carboxylic acids is 1. The van der Waals surface area contributed by atoms with Crippen LogP contribution in [0.3, 0.4) is 0 Å². The first-order chi connectivity index (χ1) is 9.95. The van der Waals surface area contributed by atoms with Gasteiger partial charge in [-0.1, -0.05) is 41.4 Å². The minimum atomic E-state index is -0.223. The Balaban J connectivity index is 2.10. The Morgan fingerprint density at radius 1 is 1.10 bits per heavy atom. The first-order valence-corrected chi connectivity index (χ1v) is 7.22. The number of rotatable bonds is 3. The molecule has 0 aliphatic rings. The van der Waals surface area contributed by atoms with Gasteiger partial charge in [0, 0.05) is 11.1 Å². The largest absolute Gasteiger partial charge is 0.321 e. The Morgan fingerprint density at radius 3 is 2.38 bits per heavy atom. The molecule has 0 saturated carbocycles. The summed E-state index contributed by atoms with van der Waals surface area (Å²) in [5.74, 6) is -0.223. The van der Waals surface area contributed by atoms with Gasteiger partial charge in [0.05, 0.1) is 10.7 Å². The highest BCUT2D eigenvalue weighted by atomic mass is 35.5. The minimum absolute atomic E-state index is 0.223. The van der Waals surface area contributed by atoms with Crippen LogP contribution in [0, 0.1) is 13.8 Å². The average Bonchev–Trinajstić information content (AvgIpc) is 2.42. The van der Waals surface area contributed by atoms with Crippen LogP contribution in [0.25, 0.3) is 6.08 Å². The van der Waals surface area contributed by atoms with Crippen LogP contribution in [0.2, 0.25) is 10.0 Å². The van der Waals surface area contributed by atoms with E-state index in [1.807, 2.05) is 38.1 Å². The Kier molecular flexibility index (Phi) is 5.05. The van der Waals surface area contributed by atoms with Gasteiger partial charge < -0.3 is 5.32 Å². The summed E-state index contributed by atoms with van der Waals surface area (Å²) in [4.78, 5) is 12.0. The SMILES string of the molecule is Cc1cc(C)c(NC(=O)C=Cc2ccc(Cl)cc2)c(Cl)c1. The van der Waals surface area contributed by atoms with E-state index < -0.39 is 0 Å². The highest BCUT2D eigenvalue weighted by Gasteiger charge is 2.07. The molecule has 0 aromatic heterocycles. The third-order valence-corrected chi connectivity index (χ3v) is 3.53. The lowest BCUT2D eigenvalue weighted by molar-refractivity contribution is -0.111. The number of aryl methyl sites for hydroxylation is 2. The van der Waals surface area contributed by atoms with Crippen LogP contribution in [-0.2, 0) is 4.79 Å². The Bertz CT molecular complexity index is 667. The predicted molar refractivity (Wildman–Crippen MR) is 90.0 cm³/mol. The first-order valence-electron chi connectivity index (χ1n) is 6.47. The summed E-state index contributed by atoms with van der Waals surface area (Å²) >= 11 is 12.0. The van der Waals surface area contributed by atoms with Gasteiger partial charge >= 0.3 is 0 Å². The monoisotopic (exact) mass is 319 g/mol. The zero-order valence-electron chi connectivity index (χ0n) is 11.8. The van der Waals surface area contributed by atoms with Gasteiger partial charge in [0.1, 0.15) is 0 Å². The maximum Gasteiger partial charge on any atom is 0.248 e. The van der Waals surface area contributed by atoms with Gasteiger partial charge in [0.2, 0.25) is 5.91 Å². The van der Waals surface area contributed by atoms with Crippen LogP contribution in [0.1, 0.15) is 16.7 Å². The molecule has 0 saturated heterocycles. The summed E-state index contributed by atoms with van der Waals surface area (Å²) in [6, 6.07) is 11.0. The molecule has 2 rings (SSSR count). The summed E-state index contributed by atoms with van der Waals surface area (Å²) < 4.78 is 0. The molecule has 0 fully saturated rings. The molecule has 0 heterocycles. The normalized spacial score (nSPS) is 10.9. The molecule has 0 aliphatic heterocycles. The number of benzene rings is 2. The number of hydrogen-bond acceptors (Lipinski definition) is 1. The molecule has 21 heavy (non-hydrogen) atoms. The van der Waals surface area contributed by atoms with Crippen molar-refractivity contribution in [2.24, 2.45) is 0 Å². The summed E-state index contributed by atoms with van der Waals surface area (Å²) in [6.45, 7) is 3.88. The van der Waals surface area contributed by atoms with Gasteiger partial charge in [-0.25, -0.2) is 0 Å². The van der Waals surface area contributed by atoms with Crippen LogP contribution in [0.4, 0.5) is 5.69 Å². The average molecular weight is 320 g/mol. The number of amides is 1. The molecule has 0 bridgehead atoms. The van der Waals surface area contributed by atoms with E-state index in [0.717, 1.165) is 16.7 Å². The summed E-state index contributed by atoms with van der Waals surface area (Å²) in [5, 5.41) is 4.01. The molecule has 0 unspecified atom stereocenters. The van der Waals surface area contributed by atoms with E-state index in [1.54, 1.807) is 18.2 Å². The first kappa shape index (κ1) is 15.6. The van der Waals surface area contributed by atoms with E-state index in [-0.39, 0.29) is 5.91 Å². The lowest BCUT2D eigenvalue weighted by Gasteiger charge is -2.10.